The van der Waals surface area contributed by atoms with E-state index >= 15 is 0 Å². The van der Waals surface area contributed by atoms with E-state index in [0.29, 0.717) is 16.8 Å². The average Bonchev–Trinajstić information content (AvgIpc) is 2.24. The Hall–Kier alpha value is -1.32. The topological polar surface area (TPSA) is 84.2 Å². The van der Waals surface area contributed by atoms with E-state index in [0.717, 1.165) is 0 Å². The largest absolute Gasteiger partial charge is 0.402 e. The van der Waals surface area contributed by atoms with Crippen LogP contribution in [0.1, 0.15) is 11.1 Å². The Morgan fingerprint density at radius 2 is 1.68 bits per heavy atom. The zero-order valence-corrected chi connectivity index (χ0v) is 11.1. The number of sulfonamides is 1. The summed E-state index contributed by atoms with van der Waals surface area (Å²) < 4.78 is 61.4. The molecule has 0 saturated heterocycles. The molecule has 1 aromatic rings. The minimum atomic E-state index is -4.60. The van der Waals surface area contributed by atoms with Gasteiger partial charge in [-0.25, -0.2) is 13.1 Å². The highest BCUT2D eigenvalue weighted by Crippen LogP contribution is 2.24. The number of hydrazine groups is 1. The maximum absolute atomic E-state index is 12.1. The number of hydrogen-bond acceptors (Lipinski definition) is 4. The summed E-state index contributed by atoms with van der Waals surface area (Å²) in [5.74, 6) is 5.20. The lowest BCUT2D eigenvalue weighted by Gasteiger charge is -2.14. The van der Waals surface area contributed by atoms with E-state index in [1.165, 1.54) is 30.7 Å². The van der Waals surface area contributed by atoms with E-state index in [2.05, 4.69) is 5.43 Å². The Kier molecular flexibility index (Phi) is 4.43. The van der Waals surface area contributed by atoms with Gasteiger partial charge < -0.3 is 5.43 Å². The smallest absolute Gasteiger partial charge is 0.324 e. The molecular formula is C10H14F3N3O2S. The predicted octanol–water partition coefficient (Wildman–Crippen LogP) is 1.43. The Bertz CT molecular complexity index is 547. The highest BCUT2D eigenvalue weighted by atomic mass is 32.2. The van der Waals surface area contributed by atoms with E-state index in [9.17, 15) is 21.6 Å². The lowest BCUT2D eigenvalue weighted by molar-refractivity contribution is -0.121. The molecule has 0 aliphatic rings. The molecule has 5 nitrogen and oxygen atoms in total. The van der Waals surface area contributed by atoms with E-state index in [1.807, 2.05) is 0 Å². The summed E-state index contributed by atoms with van der Waals surface area (Å²) in [5.41, 5.74) is 3.44. The van der Waals surface area contributed by atoms with Gasteiger partial charge in [0.1, 0.15) is 6.54 Å². The summed E-state index contributed by atoms with van der Waals surface area (Å²) in [7, 11) is -4.22. The summed E-state index contributed by atoms with van der Waals surface area (Å²) in [6, 6.07) is 2.88. The molecule has 1 rings (SSSR count). The number of anilines is 1. The molecule has 0 heterocycles. The molecule has 0 saturated carbocycles. The molecule has 4 N–H and O–H groups in total. The van der Waals surface area contributed by atoms with Gasteiger partial charge >= 0.3 is 6.18 Å². The molecule has 0 fully saturated rings. The van der Waals surface area contributed by atoms with Crippen molar-refractivity contribution < 1.29 is 21.6 Å². The van der Waals surface area contributed by atoms with Crippen LogP contribution in [0.15, 0.2) is 17.0 Å². The maximum Gasteiger partial charge on any atom is 0.402 e. The van der Waals surface area contributed by atoms with Gasteiger partial charge in [0.2, 0.25) is 10.0 Å². The van der Waals surface area contributed by atoms with Crippen molar-refractivity contribution in [3.05, 3.63) is 23.3 Å². The summed E-state index contributed by atoms with van der Waals surface area (Å²) in [5, 5.41) is 0. The second-order valence-electron chi connectivity index (χ2n) is 4.02. The minimum Gasteiger partial charge on any atom is -0.324 e. The quantitative estimate of drug-likeness (QED) is 0.580. The summed E-state index contributed by atoms with van der Waals surface area (Å²) in [4.78, 5) is -0.171. The first-order valence-corrected chi connectivity index (χ1v) is 6.69. The van der Waals surface area contributed by atoms with Crippen molar-refractivity contribution >= 4 is 15.7 Å². The van der Waals surface area contributed by atoms with Crippen LogP contribution in [0.25, 0.3) is 0 Å². The lowest BCUT2D eigenvalue weighted by Crippen LogP contribution is -2.34. The number of benzene rings is 1. The zero-order valence-electron chi connectivity index (χ0n) is 10.3. The molecule has 0 spiro atoms. The molecule has 19 heavy (non-hydrogen) atoms. The van der Waals surface area contributed by atoms with Crippen LogP contribution in [0.4, 0.5) is 18.9 Å². The molecule has 0 atom stereocenters. The number of nitrogens with one attached hydrogen (secondary N) is 2. The van der Waals surface area contributed by atoms with Crippen molar-refractivity contribution in [2.24, 2.45) is 5.84 Å². The molecule has 0 radical (unpaired) electrons. The number of hydrogen-bond donors (Lipinski definition) is 3. The van der Waals surface area contributed by atoms with Crippen molar-refractivity contribution in [2.45, 2.75) is 24.9 Å². The Morgan fingerprint density at radius 1 is 1.21 bits per heavy atom. The van der Waals surface area contributed by atoms with Crippen molar-refractivity contribution in [1.29, 1.82) is 0 Å². The standard InChI is InChI=1S/C10H14F3N3O2S/c1-6-3-8(16-14)4-7(2)9(6)19(17,18)15-5-10(11,12)13/h3-4,15-16H,5,14H2,1-2H3. The summed E-state index contributed by atoms with van der Waals surface area (Å²) in [6.07, 6.45) is -4.60. The first kappa shape index (κ1) is 15.7. The predicted molar refractivity (Wildman–Crippen MR) is 65.0 cm³/mol. The third-order valence-electron chi connectivity index (χ3n) is 2.36. The van der Waals surface area contributed by atoms with Crippen LogP contribution in [-0.2, 0) is 10.0 Å². The Labute approximate surface area is 109 Å². The van der Waals surface area contributed by atoms with Gasteiger partial charge in [-0.2, -0.15) is 13.2 Å². The molecule has 0 bridgehead atoms. The van der Waals surface area contributed by atoms with Crippen LogP contribution in [0, 0.1) is 13.8 Å². The molecular weight excluding hydrogens is 283 g/mol. The maximum atomic E-state index is 12.1. The van der Waals surface area contributed by atoms with Crippen molar-refractivity contribution in [1.82, 2.24) is 4.72 Å². The monoisotopic (exact) mass is 297 g/mol. The lowest BCUT2D eigenvalue weighted by atomic mass is 10.1. The van der Waals surface area contributed by atoms with Gasteiger partial charge in [-0.15, -0.1) is 0 Å². The summed E-state index contributed by atoms with van der Waals surface area (Å²) in [6.45, 7) is 1.36. The van der Waals surface area contributed by atoms with E-state index in [-0.39, 0.29) is 4.90 Å². The number of nitrogen functional groups attached to an aromatic ring is 1. The van der Waals surface area contributed by atoms with Crippen LogP contribution >= 0.6 is 0 Å². The van der Waals surface area contributed by atoms with Crippen LogP contribution in [0.5, 0.6) is 0 Å². The van der Waals surface area contributed by atoms with Crippen LogP contribution < -0.4 is 16.0 Å². The second-order valence-corrected chi connectivity index (χ2v) is 5.73. The third kappa shape index (κ3) is 4.08. The highest BCUT2D eigenvalue weighted by molar-refractivity contribution is 7.89. The van der Waals surface area contributed by atoms with E-state index in [1.54, 1.807) is 0 Å². The molecule has 1 aromatic carbocycles. The fourth-order valence-corrected chi connectivity index (χ4v) is 3.17. The number of rotatable bonds is 4. The molecule has 0 amide bonds. The van der Waals surface area contributed by atoms with Crippen molar-refractivity contribution in [2.75, 3.05) is 12.0 Å². The molecule has 0 aliphatic heterocycles. The molecule has 0 aromatic heterocycles. The minimum absolute atomic E-state index is 0.171. The zero-order chi connectivity index (χ0) is 14.8. The molecule has 9 heteroatoms. The van der Waals surface area contributed by atoms with Crippen molar-refractivity contribution in [3.8, 4) is 0 Å². The third-order valence-corrected chi connectivity index (χ3v) is 4.06. The number of alkyl halides is 3. The van der Waals surface area contributed by atoms with Gasteiger partial charge in [-0.1, -0.05) is 0 Å². The first-order valence-electron chi connectivity index (χ1n) is 5.21. The van der Waals surface area contributed by atoms with Gasteiger partial charge in [-0.3, -0.25) is 5.84 Å². The van der Waals surface area contributed by atoms with Crippen LogP contribution in [0.3, 0.4) is 0 Å². The Balaban J connectivity index is 3.15. The van der Waals surface area contributed by atoms with Crippen molar-refractivity contribution in [3.63, 3.8) is 0 Å². The van der Waals surface area contributed by atoms with Gasteiger partial charge in [-0.05, 0) is 37.1 Å². The van der Waals surface area contributed by atoms with Crippen LogP contribution in [-0.4, -0.2) is 21.1 Å². The van der Waals surface area contributed by atoms with Gasteiger partial charge in [0.15, 0.2) is 0 Å². The van der Waals surface area contributed by atoms with E-state index < -0.39 is 22.7 Å². The van der Waals surface area contributed by atoms with Crippen LogP contribution in [0.2, 0.25) is 0 Å². The normalized spacial score (nSPS) is 12.5. The Morgan fingerprint density at radius 3 is 2.05 bits per heavy atom. The first-order chi connectivity index (χ1) is 8.57. The molecule has 108 valence electrons. The number of halogens is 3. The summed E-state index contributed by atoms with van der Waals surface area (Å²) >= 11 is 0. The fraction of sp³-hybridized carbons (Fsp3) is 0.400. The van der Waals surface area contributed by atoms with E-state index in [4.69, 9.17) is 5.84 Å². The van der Waals surface area contributed by atoms with Gasteiger partial charge in [0.05, 0.1) is 4.90 Å². The SMILES string of the molecule is Cc1cc(NN)cc(C)c1S(=O)(=O)NCC(F)(F)F. The molecule has 0 aliphatic carbocycles. The number of nitrogens with two attached hydrogens (primary N) is 1. The fourth-order valence-electron chi connectivity index (χ4n) is 1.71. The highest BCUT2D eigenvalue weighted by Gasteiger charge is 2.31. The second kappa shape index (κ2) is 5.35. The number of aryl methyl sites for hydroxylation is 2. The average molecular weight is 297 g/mol. The molecule has 0 unspecified atom stereocenters. The van der Waals surface area contributed by atoms with Gasteiger partial charge in [0.25, 0.3) is 0 Å². The van der Waals surface area contributed by atoms with Gasteiger partial charge in [0, 0.05) is 5.69 Å².